The molecular weight excluding hydrogens is 272 g/mol. The number of nitrogens with zero attached hydrogens (tertiary/aromatic N) is 1. The maximum Gasteiger partial charge on any atom is 0.251 e. The third kappa shape index (κ3) is 3.82. The molecule has 1 aromatic carbocycles. The molecule has 0 aliphatic carbocycles. The van der Waals surface area contributed by atoms with Crippen LogP contribution in [0.25, 0.3) is 0 Å². The summed E-state index contributed by atoms with van der Waals surface area (Å²) in [5, 5.41) is 2.67. The first-order chi connectivity index (χ1) is 10.6. The summed E-state index contributed by atoms with van der Waals surface area (Å²) in [4.78, 5) is 14.1. The van der Waals surface area contributed by atoms with E-state index < -0.39 is 0 Å². The van der Waals surface area contributed by atoms with Gasteiger partial charge >= 0.3 is 0 Å². The molecule has 1 aromatic rings. The average Bonchev–Trinajstić information content (AvgIpc) is 2.55. The van der Waals surface area contributed by atoms with Crippen molar-refractivity contribution in [2.75, 3.05) is 25.0 Å². The second-order valence-electron chi connectivity index (χ2n) is 6.61. The van der Waals surface area contributed by atoms with Crippen molar-refractivity contribution < 1.29 is 4.79 Å². The molecule has 0 unspecified atom stereocenters. The van der Waals surface area contributed by atoms with Crippen molar-refractivity contribution in [2.45, 2.75) is 52.4 Å². The summed E-state index contributed by atoms with van der Waals surface area (Å²) in [6.45, 7) is 6.89. The highest BCUT2D eigenvalue weighted by Gasteiger charge is 2.32. The minimum atomic E-state index is -0.0184. The van der Waals surface area contributed by atoms with Crippen molar-refractivity contribution in [3.05, 3.63) is 29.8 Å². The maximum atomic E-state index is 11.6. The second kappa shape index (κ2) is 7.66. The van der Waals surface area contributed by atoms with Crippen LogP contribution in [0.3, 0.4) is 0 Å². The zero-order chi connectivity index (χ0) is 16.0. The SMILES string of the molecule is CCCC1(CCC)CCN(c2ccc(C(=O)NC)cc2)CC1. The number of nitrogens with one attached hydrogen (secondary N) is 1. The van der Waals surface area contributed by atoms with E-state index in [1.54, 1.807) is 7.05 Å². The summed E-state index contributed by atoms with van der Waals surface area (Å²) >= 11 is 0. The van der Waals surface area contributed by atoms with Gasteiger partial charge < -0.3 is 10.2 Å². The van der Waals surface area contributed by atoms with Gasteiger partial charge in [-0.25, -0.2) is 0 Å². The molecular formula is C19H30N2O. The van der Waals surface area contributed by atoms with E-state index >= 15 is 0 Å². The lowest BCUT2D eigenvalue weighted by molar-refractivity contribution is 0.0963. The van der Waals surface area contributed by atoms with Crippen LogP contribution in [0, 0.1) is 5.41 Å². The number of benzene rings is 1. The van der Waals surface area contributed by atoms with E-state index in [4.69, 9.17) is 0 Å². The monoisotopic (exact) mass is 302 g/mol. The summed E-state index contributed by atoms with van der Waals surface area (Å²) < 4.78 is 0. The number of hydrogen-bond donors (Lipinski definition) is 1. The molecule has 22 heavy (non-hydrogen) atoms. The normalized spacial score (nSPS) is 17.3. The van der Waals surface area contributed by atoms with E-state index in [9.17, 15) is 4.79 Å². The van der Waals surface area contributed by atoms with Gasteiger partial charge in [0.1, 0.15) is 0 Å². The number of piperidine rings is 1. The van der Waals surface area contributed by atoms with Gasteiger partial charge in [0.15, 0.2) is 0 Å². The van der Waals surface area contributed by atoms with Gasteiger partial charge in [0, 0.05) is 31.4 Å². The quantitative estimate of drug-likeness (QED) is 0.852. The Morgan fingerprint density at radius 2 is 1.64 bits per heavy atom. The lowest BCUT2D eigenvalue weighted by atomic mass is 9.72. The lowest BCUT2D eigenvalue weighted by Gasteiger charge is -2.43. The van der Waals surface area contributed by atoms with Crippen LogP contribution in [0.2, 0.25) is 0 Å². The molecule has 0 radical (unpaired) electrons. The molecule has 0 bridgehead atoms. The first kappa shape index (κ1) is 16.9. The first-order valence-corrected chi connectivity index (χ1v) is 8.71. The van der Waals surface area contributed by atoms with Crippen LogP contribution in [0.4, 0.5) is 5.69 Å². The number of amides is 1. The highest BCUT2D eigenvalue weighted by atomic mass is 16.1. The molecule has 2 rings (SSSR count). The number of rotatable bonds is 6. The molecule has 1 aliphatic rings. The van der Waals surface area contributed by atoms with Gasteiger partial charge in [0.2, 0.25) is 0 Å². The summed E-state index contributed by atoms with van der Waals surface area (Å²) in [5.74, 6) is -0.0184. The van der Waals surface area contributed by atoms with E-state index in [-0.39, 0.29) is 5.91 Å². The highest BCUT2D eigenvalue weighted by Crippen LogP contribution is 2.41. The third-order valence-corrected chi connectivity index (χ3v) is 5.11. The van der Waals surface area contributed by atoms with E-state index in [0.29, 0.717) is 5.41 Å². The molecule has 1 saturated heterocycles. The van der Waals surface area contributed by atoms with Crippen molar-refractivity contribution in [1.82, 2.24) is 5.32 Å². The Hall–Kier alpha value is -1.51. The van der Waals surface area contributed by atoms with Crippen LogP contribution < -0.4 is 10.2 Å². The van der Waals surface area contributed by atoms with Crippen LogP contribution in [-0.2, 0) is 0 Å². The van der Waals surface area contributed by atoms with Crippen molar-refractivity contribution in [3.63, 3.8) is 0 Å². The van der Waals surface area contributed by atoms with E-state index in [1.807, 2.05) is 12.1 Å². The standard InChI is InChI=1S/C19H30N2O/c1-4-10-19(11-5-2)12-14-21(15-13-19)17-8-6-16(7-9-17)18(22)20-3/h6-9H,4-5,10-15H2,1-3H3,(H,20,22). The predicted octanol–water partition coefficient (Wildman–Crippen LogP) is 4.23. The largest absolute Gasteiger partial charge is 0.371 e. The Bertz CT molecular complexity index is 465. The van der Waals surface area contributed by atoms with Crippen LogP contribution in [-0.4, -0.2) is 26.0 Å². The van der Waals surface area contributed by atoms with Crippen molar-refractivity contribution in [3.8, 4) is 0 Å². The summed E-state index contributed by atoms with van der Waals surface area (Å²) in [5.41, 5.74) is 2.55. The summed E-state index contributed by atoms with van der Waals surface area (Å²) in [6.07, 6.45) is 7.91. The maximum absolute atomic E-state index is 11.6. The van der Waals surface area contributed by atoms with E-state index in [2.05, 4.69) is 36.2 Å². The summed E-state index contributed by atoms with van der Waals surface area (Å²) in [7, 11) is 1.67. The summed E-state index contributed by atoms with van der Waals surface area (Å²) in [6, 6.07) is 8.01. The van der Waals surface area contributed by atoms with Gasteiger partial charge in [-0.05, 0) is 55.4 Å². The Labute approximate surface area is 135 Å². The van der Waals surface area contributed by atoms with E-state index in [1.165, 1.54) is 44.2 Å². The Morgan fingerprint density at radius 3 is 2.09 bits per heavy atom. The second-order valence-corrected chi connectivity index (χ2v) is 6.61. The molecule has 1 aliphatic heterocycles. The molecule has 0 spiro atoms. The molecule has 3 nitrogen and oxygen atoms in total. The van der Waals surface area contributed by atoms with E-state index in [0.717, 1.165) is 18.7 Å². The lowest BCUT2D eigenvalue weighted by Crippen LogP contribution is -2.40. The number of carbonyl (C=O) groups is 1. The van der Waals surface area contributed by atoms with Gasteiger partial charge in [0.25, 0.3) is 5.91 Å². The number of hydrogen-bond acceptors (Lipinski definition) is 2. The number of anilines is 1. The number of carbonyl (C=O) groups excluding carboxylic acids is 1. The molecule has 1 amide bonds. The fraction of sp³-hybridized carbons (Fsp3) is 0.632. The smallest absolute Gasteiger partial charge is 0.251 e. The molecule has 1 fully saturated rings. The molecule has 0 atom stereocenters. The topological polar surface area (TPSA) is 32.3 Å². The molecule has 0 aromatic heterocycles. The molecule has 0 saturated carbocycles. The molecule has 1 N–H and O–H groups in total. The Morgan fingerprint density at radius 1 is 1.09 bits per heavy atom. The first-order valence-electron chi connectivity index (χ1n) is 8.71. The Kier molecular flexibility index (Phi) is 5.87. The zero-order valence-corrected chi connectivity index (χ0v) is 14.3. The van der Waals surface area contributed by atoms with Gasteiger partial charge in [0.05, 0.1) is 0 Å². The van der Waals surface area contributed by atoms with Crippen LogP contribution in [0.1, 0.15) is 62.7 Å². The average molecular weight is 302 g/mol. The predicted molar refractivity (Wildman–Crippen MR) is 93.5 cm³/mol. The van der Waals surface area contributed by atoms with Gasteiger partial charge in [-0.1, -0.05) is 26.7 Å². The van der Waals surface area contributed by atoms with Gasteiger partial charge in [-0.15, -0.1) is 0 Å². The van der Waals surface area contributed by atoms with Crippen molar-refractivity contribution in [1.29, 1.82) is 0 Å². The molecule has 3 heteroatoms. The van der Waals surface area contributed by atoms with Gasteiger partial charge in [-0.2, -0.15) is 0 Å². The molecule has 122 valence electrons. The fourth-order valence-electron chi connectivity index (χ4n) is 3.89. The minimum Gasteiger partial charge on any atom is -0.371 e. The van der Waals surface area contributed by atoms with Crippen LogP contribution >= 0.6 is 0 Å². The van der Waals surface area contributed by atoms with Gasteiger partial charge in [-0.3, -0.25) is 4.79 Å². The fourth-order valence-corrected chi connectivity index (χ4v) is 3.89. The van der Waals surface area contributed by atoms with Crippen LogP contribution in [0.5, 0.6) is 0 Å². The Balaban J connectivity index is 2.00. The third-order valence-electron chi connectivity index (χ3n) is 5.11. The van der Waals surface area contributed by atoms with Crippen molar-refractivity contribution in [2.24, 2.45) is 5.41 Å². The molecule has 1 heterocycles. The van der Waals surface area contributed by atoms with Crippen LogP contribution in [0.15, 0.2) is 24.3 Å². The highest BCUT2D eigenvalue weighted by molar-refractivity contribution is 5.94. The van der Waals surface area contributed by atoms with Crippen molar-refractivity contribution >= 4 is 11.6 Å². The zero-order valence-electron chi connectivity index (χ0n) is 14.3. The minimum absolute atomic E-state index is 0.0184.